The quantitative estimate of drug-likeness (QED) is 0.625. The first-order valence-corrected chi connectivity index (χ1v) is 7.77. The van der Waals surface area contributed by atoms with E-state index in [1.165, 1.54) is 0 Å². The molecule has 0 saturated carbocycles. The van der Waals surface area contributed by atoms with Gasteiger partial charge < -0.3 is 5.11 Å². The van der Waals surface area contributed by atoms with Gasteiger partial charge in [0.05, 0.1) is 0 Å². The van der Waals surface area contributed by atoms with Crippen LogP contribution >= 0.6 is 12.2 Å². The minimum absolute atomic E-state index is 0.317. The molecule has 0 aliphatic heterocycles. The summed E-state index contributed by atoms with van der Waals surface area (Å²) in [5.74, 6) is 1.05. The van der Waals surface area contributed by atoms with E-state index in [1.54, 1.807) is 12.1 Å². The monoisotopic (exact) mass is 315 g/mol. The Labute approximate surface area is 135 Å². The minimum atomic E-state index is 0.317. The first-order valence-electron chi connectivity index (χ1n) is 7.36. The average molecular weight is 315 g/mol. The van der Waals surface area contributed by atoms with E-state index in [1.807, 2.05) is 24.5 Å². The lowest BCUT2D eigenvalue weighted by Gasteiger charge is -2.12. The summed E-state index contributed by atoms with van der Waals surface area (Å²) >= 11 is 5.37. The Bertz CT molecular complexity index is 784. The van der Waals surface area contributed by atoms with Crippen molar-refractivity contribution < 1.29 is 5.11 Å². The smallest absolute Gasteiger partial charge is 0.200 e. The molecule has 1 heterocycles. The number of hydrogen-bond donors (Lipinski definition) is 2. The number of H-pyrrole nitrogens is 1. The molecule has 0 radical (unpaired) electrons. The highest BCUT2D eigenvalue weighted by Gasteiger charge is 2.15. The first-order chi connectivity index (χ1) is 10.5. The van der Waals surface area contributed by atoms with Gasteiger partial charge in [-0.15, -0.1) is 0 Å². The van der Waals surface area contributed by atoms with Crippen molar-refractivity contribution in [1.29, 1.82) is 0 Å². The molecule has 0 spiro atoms. The molecule has 22 heavy (non-hydrogen) atoms. The van der Waals surface area contributed by atoms with E-state index in [2.05, 4.69) is 29.8 Å². The molecule has 1 aromatic carbocycles. The number of nitrogens with one attached hydrogen (secondary N) is 1. The highest BCUT2D eigenvalue weighted by Crippen LogP contribution is 2.30. The van der Waals surface area contributed by atoms with Gasteiger partial charge in [-0.2, -0.15) is 5.10 Å². The molecule has 0 aliphatic carbocycles. The van der Waals surface area contributed by atoms with Crippen molar-refractivity contribution in [3.05, 3.63) is 46.8 Å². The summed E-state index contributed by atoms with van der Waals surface area (Å²) in [6.07, 6.45) is 5.46. The number of nitrogens with zero attached hydrogens (tertiary/aromatic N) is 2. The van der Waals surface area contributed by atoms with Crippen LogP contribution in [0.3, 0.4) is 0 Å². The molecule has 116 valence electrons. The maximum absolute atomic E-state index is 9.99. The molecule has 0 atom stereocenters. The van der Waals surface area contributed by atoms with Crippen LogP contribution in [-0.4, -0.2) is 19.9 Å². The number of aryl methyl sites for hydroxylation is 2. The lowest BCUT2D eigenvalue weighted by molar-refractivity contribution is 0.468. The number of aromatic hydroxyl groups is 1. The van der Waals surface area contributed by atoms with Crippen molar-refractivity contribution in [2.45, 2.75) is 33.6 Å². The van der Waals surface area contributed by atoms with Crippen LogP contribution in [0.1, 0.15) is 31.4 Å². The fourth-order valence-electron chi connectivity index (χ4n) is 2.45. The van der Waals surface area contributed by atoms with Gasteiger partial charge in [-0.05, 0) is 61.3 Å². The molecular weight excluding hydrogens is 294 g/mol. The maximum atomic E-state index is 9.99. The number of rotatable bonds is 5. The zero-order chi connectivity index (χ0) is 16.3. The third kappa shape index (κ3) is 2.90. The zero-order valence-corrected chi connectivity index (χ0v) is 14.0. The summed E-state index contributed by atoms with van der Waals surface area (Å²) in [6.45, 7) is 9.89. The second-order valence-electron chi connectivity index (χ2n) is 5.08. The molecule has 5 heteroatoms. The summed E-state index contributed by atoms with van der Waals surface area (Å²) in [5.41, 5.74) is 3.69. The molecule has 0 unspecified atom stereocenters. The Kier molecular flexibility index (Phi) is 4.98. The highest BCUT2D eigenvalue weighted by atomic mass is 32.1. The van der Waals surface area contributed by atoms with Gasteiger partial charge in [-0.1, -0.05) is 26.5 Å². The number of aromatic amines is 1. The number of hydrogen-bond acceptors (Lipinski definition) is 3. The molecule has 0 fully saturated rings. The van der Waals surface area contributed by atoms with Crippen LogP contribution in [-0.2, 0) is 6.42 Å². The van der Waals surface area contributed by atoms with E-state index in [0.717, 1.165) is 41.1 Å². The van der Waals surface area contributed by atoms with Crippen molar-refractivity contribution in [2.24, 2.45) is 0 Å². The van der Waals surface area contributed by atoms with E-state index in [4.69, 9.17) is 12.2 Å². The SMILES string of the molecule is C=C/C(=C\CC)n1c(-c2cc(CC)c(O)cc2C)n[nH]c1=S. The summed E-state index contributed by atoms with van der Waals surface area (Å²) in [6, 6.07) is 3.74. The van der Waals surface area contributed by atoms with Gasteiger partial charge in [0.15, 0.2) is 10.6 Å². The molecule has 2 rings (SSSR count). The Morgan fingerprint density at radius 2 is 2.18 bits per heavy atom. The van der Waals surface area contributed by atoms with Crippen LogP contribution in [0, 0.1) is 11.7 Å². The van der Waals surface area contributed by atoms with E-state index >= 15 is 0 Å². The maximum Gasteiger partial charge on any atom is 0.200 e. The standard InChI is InChI=1S/C17H21N3OS/c1-5-8-13(7-3)20-16(18-19-17(20)22)14-10-12(6-2)15(21)9-11(14)4/h7-10,21H,3,5-6H2,1-2,4H3,(H,19,22)/b13-8+. The largest absolute Gasteiger partial charge is 0.508 e. The van der Waals surface area contributed by atoms with Gasteiger partial charge in [-0.25, -0.2) is 0 Å². The topological polar surface area (TPSA) is 53.8 Å². The Morgan fingerprint density at radius 1 is 1.45 bits per heavy atom. The molecule has 0 amide bonds. The number of benzene rings is 1. The average Bonchev–Trinajstić information content (AvgIpc) is 2.86. The Balaban J connectivity index is 2.72. The van der Waals surface area contributed by atoms with Crippen molar-refractivity contribution >= 4 is 17.9 Å². The summed E-state index contributed by atoms with van der Waals surface area (Å²) in [7, 11) is 0. The molecule has 0 saturated heterocycles. The van der Waals surface area contributed by atoms with Crippen molar-refractivity contribution in [3.63, 3.8) is 0 Å². The van der Waals surface area contributed by atoms with Gasteiger partial charge in [0, 0.05) is 11.3 Å². The first kappa shape index (κ1) is 16.2. The third-order valence-corrected chi connectivity index (χ3v) is 3.87. The molecule has 4 nitrogen and oxygen atoms in total. The van der Waals surface area contributed by atoms with E-state index < -0.39 is 0 Å². The molecule has 0 bridgehead atoms. The predicted octanol–water partition coefficient (Wildman–Crippen LogP) is 4.62. The normalized spacial score (nSPS) is 11.7. The van der Waals surface area contributed by atoms with Crippen molar-refractivity contribution in [2.75, 3.05) is 0 Å². The molecular formula is C17H21N3OS. The lowest BCUT2D eigenvalue weighted by atomic mass is 10.0. The fourth-order valence-corrected chi connectivity index (χ4v) is 2.69. The van der Waals surface area contributed by atoms with Crippen molar-refractivity contribution in [3.8, 4) is 17.1 Å². The summed E-state index contributed by atoms with van der Waals surface area (Å²) < 4.78 is 2.41. The fraction of sp³-hybridized carbons (Fsp3) is 0.294. The van der Waals surface area contributed by atoms with Crippen LogP contribution in [0.15, 0.2) is 30.9 Å². The van der Waals surface area contributed by atoms with Gasteiger partial charge in [-0.3, -0.25) is 9.67 Å². The molecule has 1 aromatic heterocycles. The molecule has 2 aromatic rings. The van der Waals surface area contributed by atoms with Gasteiger partial charge in [0.25, 0.3) is 0 Å². The van der Waals surface area contributed by atoms with E-state index in [0.29, 0.717) is 10.5 Å². The van der Waals surface area contributed by atoms with E-state index in [9.17, 15) is 5.11 Å². The van der Waals surface area contributed by atoms with Gasteiger partial charge >= 0.3 is 0 Å². The predicted molar refractivity (Wildman–Crippen MR) is 93.4 cm³/mol. The lowest BCUT2D eigenvalue weighted by Crippen LogP contribution is -2.00. The highest BCUT2D eigenvalue weighted by molar-refractivity contribution is 7.71. The molecule has 2 N–H and O–H groups in total. The zero-order valence-electron chi connectivity index (χ0n) is 13.2. The van der Waals surface area contributed by atoms with Gasteiger partial charge in [0.1, 0.15) is 5.75 Å². The Hall–Kier alpha value is -2.14. The number of phenols is 1. The van der Waals surface area contributed by atoms with Crippen LogP contribution in [0.4, 0.5) is 0 Å². The van der Waals surface area contributed by atoms with Crippen LogP contribution in [0.2, 0.25) is 0 Å². The second-order valence-corrected chi connectivity index (χ2v) is 5.47. The summed E-state index contributed by atoms with van der Waals surface area (Å²) in [4.78, 5) is 0. The number of aromatic nitrogens is 3. The number of phenolic OH excluding ortho intramolecular Hbond substituents is 1. The third-order valence-electron chi connectivity index (χ3n) is 3.60. The minimum Gasteiger partial charge on any atom is -0.508 e. The Morgan fingerprint density at radius 3 is 2.77 bits per heavy atom. The number of allylic oxidation sites excluding steroid dienone is 3. The molecule has 0 aliphatic rings. The van der Waals surface area contributed by atoms with Crippen LogP contribution in [0.5, 0.6) is 5.75 Å². The van der Waals surface area contributed by atoms with Crippen molar-refractivity contribution in [1.82, 2.24) is 14.8 Å². The van der Waals surface area contributed by atoms with Crippen LogP contribution in [0.25, 0.3) is 17.1 Å². The van der Waals surface area contributed by atoms with Gasteiger partial charge in [0.2, 0.25) is 0 Å². The second kappa shape index (κ2) is 6.75. The van der Waals surface area contributed by atoms with Crippen LogP contribution < -0.4 is 0 Å². The summed E-state index contributed by atoms with van der Waals surface area (Å²) in [5, 5.41) is 17.2. The van der Waals surface area contributed by atoms with E-state index in [-0.39, 0.29) is 0 Å².